The lowest BCUT2D eigenvalue weighted by Gasteiger charge is -2.05. The second-order valence-corrected chi connectivity index (χ2v) is 2.88. The van der Waals surface area contributed by atoms with Crippen LogP contribution in [0.3, 0.4) is 0 Å². The summed E-state index contributed by atoms with van der Waals surface area (Å²) in [5, 5.41) is 0. The average molecular weight is 194 g/mol. The van der Waals surface area contributed by atoms with Gasteiger partial charge in [-0.15, -0.1) is 11.6 Å². The molecule has 0 N–H and O–H groups in total. The van der Waals surface area contributed by atoms with Gasteiger partial charge in [0.1, 0.15) is 0 Å². The molecule has 0 amide bonds. The third kappa shape index (κ3) is 1.55. The van der Waals surface area contributed by atoms with Crippen molar-refractivity contribution in [1.82, 2.24) is 14.5 Å². The summed E-state index contributed by atoms with van der Waals surface area (Å²) >= 11 is 5.78. The minimum Gasteiger partial charge on any atom is -0.306 e. The molecule has 0 aliphatic heterocycles. The van der Waals surface area contributed by atoms with Gasteiger partial charge in [-0.3, -0.25) is 4.98 Å². The molecular formula is C9H8ClN3. The first-order valence-electron chi connectivity index (χ1n) is 3.89. The highest BCUT2D eigenvalue weighted by Gasteiger charge is 2.01. The molecule has 4 heteroatoms. The van der Waals surface area contributed by atoms with Crippen LogP contribution in [0, 0.1) is 0 Å². The molecule has 0 aliphatic carbocycles. The maximum absolute atomic E-state index is 5.78. The Kier molecular flexibility index (Phi) is 2.27. The van der Waals surface area contributed by atoms with Crippen LogP contribution in [0.25, 0.3) is 5.69 Å². The van der Waals surface area contributed by atoms with Crippen molar-refractivity contribution in [1.29, 1.82) is 0 Å². The van der Waals surface area contributed by atoms with E-state index >= 15 is 0 Å². The fraction of sp³-hybridized carbons (Fsp3) is 0.111. The fourth-order valence-corrected chi connectivity index (χ4v) is 1.38. The molecule has 0 aromatic carbocycles. The maximum atomic E-state index is 5.78. The molecule has 0 bridgehead atoms. The summed E-state index contributed by atoms with van der Waals surface area (Å²) in [6.07, 6.45) is 8.86. The largest absolute Gasteiger partial charge is 0.306 e. The van der Waals surface area contributed by atoms with Gasteiger partial charge < -0.3 is 4.57 Å². The second-order valence-electron chi connectivity index (χ2n) is 2.61. The van der Waals surface area contributed by atoms with Gasteiger partial charge in [-0.1, -0.05) is 0 Å². The topological polar surface area (TPSA) is 30.7 Å². The van der Waals surface area contributed by atoms with E-state index in [1.807, 2.05) is 16.8 Å². The van der Waals surface area contributed by atoms with Crippen molar-refractivity contribution in [3.05, 3.63) is 42.7 Å². The lowest BCUT2D eigenvalue weighted by molar-refractivity contribution is 1.02. The first-order valence-corrected chi connectivity index (χ1v) is 4.42. The van der Waals surface area contributed by atoms with Gasteiger partial charge in [0, 0.05) is 30.4 Å². The predicted octanol–water partition coefficient (Wildman–Crippen LogP) is 2.01. The van der Waals surface area contributed by atoms with Crippen molar-refractivity contribution in [3.63, 3.8) is 0 Å². The number of hydrogen-bond donors (Lipinski definition) is 0. The summed E-state index contributed by atoms with van der Waals surface area (Å²) < 4.78 is 1.92. The van der Waals surface area contributed by atoms with E-state index in [4.69, 9.17) is 11.6 Å². The van der Waals surface area contributed by atoms with E-state index in [1.54, 1.807) is 24.9 Å². The minimum absolute atomic E-state index is 0.460. The molecular weight excluding hydrogens is 186 g/mol. The normalized spacial score (nSPS) is 10.2. The van der Waals surface area contributed by atoms with E-state index in [0.717, 1.165) is 11.3 Å². The monoisotopic (exact) mass is 193 g/mol. The molecule has 2 rings (SSSR count). The van der Waals surface area contributed by atoms with Gasteiger partial charge >= 0.3 is 0 Å². The van der Waals surface area contributed by atoms with E-state index in [0.29, 0.717) is 5.88 Å². The Morgan fingerprint density at radius 3 is 2.92 bits per heavy atom. The van der Waals surface area contributed by atoms with Crippen LogP contribution in [0.4, 0.5) is 0 Å². The van der Waals surface area contributed by atoms with Gasteiger partial charge in [-0.05, 0) is 6.07 Å². The second kappa shape index (κ2) is 3.58. The summed E-state index contributed by atoms with van der Waals surface area (Å²) in [5.41, 5.74) is 2.03. The molecule has 0 fully saturated rings. The third-order valence-corrected chi connectivity index (χ3v) is 2.09. The molecule has 2 aromatic rings. The van der Waals surface area contributed by atoms with Crippen molar-refractivity contribution < 1.29 is 0 Å². The number of hydrogen-bond acceptors (Lipinski definition) is 2. The molecule has 0 saturated carbocycles. The first-order chi connectivity index (χ1) is 6.42. The van der Waals surface area contributed by atoms with Crippen molar-refractivity contribution in [3.8, 4) is 5.69 Å². The summed E-state index contributed by atoms with van der Waals surface area (Å²) in [6, 6.07) is 1.92. The lowest BCUT2D eigenvalue weighted by Crippen LogP contribution is -1.95. The van der Waals surface area contributed by atoms with Crippen LogP contribution in [-0.4, -0.2) is 14.5 Å². The number of aromatic nitrogens is 3. The van der Waals surface area contributed by atoms with Gasteiger partial charge in [0.25, 0.3) is 0 Å². The zero-order chi connectivity index (χ0) is 9.10. The van der Waals surface area contributed by atoms with E-state index in [1.165, 1.54) is 0 Å². The zero-order valence-corrected chi connectivity index (χ0v) is 7.65. The van der Waals surface area contributed by atoms with Gasteiger partial charge in [0.05, 0.1) is 17.9 Å². The molecule has 66 valence electrons. The minimum atomic E-state index is 0.460. The van der Waals surface area contributed by atoms with Crippen molar-refractivity contribution in [2.45, 2.75) is 5.88 Å². The number of halogens is 1. The predicted molar refractivity (Wildman–Crippen MR) is 50.9 cm³/mol. The van der Waals surface area contributed by atoms with Crippen molar-refractivity contribution in [2.75, 3.05) is 0 Å². The molecule has 0 atom stereocenters. The van der Waals surface area contributed by atoms with Crippen LogP contribution in [0.5, 0.6) is 0 Å². The van der Waals surface area contributed by atoms with Gasteiger partial charge in [0.15, 0.2) is 0 Å². The summed E-state index contributed by atoms with van der Waals surface area (Å²) in [6.45, 7) is 0. The van der Waals surface area contributed by atoms with Gasteiger partial charge in [-0.25, -0.2) is 4.98 Å². The third-order valence-electron chi connectivity index (χ3n) is 1.80. The summed E-state index contributed by atoms with van der Waals surface area (Å²) in [5.74, 6) is 0.460. The molecule has 13 heavy (non-hydrogen) atoms. The molecule has 0 saturated heterocycles. The lowest BCUT2D eigenvalue weighted by atomic mass is 10.2. The number of rotatable bonds is 2. The Morgan fingerprint density at radius 2 is 2.23 bits per heavy atom. The molecule has 3 nitrogen and oxygen atoms in total. The maximum Gasteiger partial charge on any atom is 0.0991 e. The first kappa shape index (κ1) is 8.26. The summed E-state index contributed by atoms with van der Waals surface area (Å²) in [4.78, 5) is 7.98. The van der Waals surface area contributed by atoms with Gasteiger partial charge in [-0.2, -0.15) is 0 Å². The highest BCUT2D eigenvalue weighted by atomic mass is 35.5. The highest BCUT2D eigenvalue weighted by molar-refractivity contribution is 6.17. The average Bonchev–Trinajstić information content (AvgIpc) is 2.70. The number of alkyl halides is 1. The van der Waals surface area contributed by atoms with E-state index in [2.05, 4.69) is 9.97 Å². The Hall–Kier alpha value is -1.35. The quantitative estimate of drug-likeness (QED) is 0.684. The zero-order valence-electron chi connectivity index (χ0n) is 6.89. The Labute approximate surface area is 81.0 Å². The molecule has 0 radical (unpaired) electrons. The van der Waals surface area contributed by atoms with Crippen molar-refractivity contribution in [2.24, 2.45) is 0 Å². The van der Waals surface area contributed by atoms with Crippen LogP contribution >= 0.6 is 11.6 Å². The fourth-order valence-electron chi connectivity index (χ4n) is 1.18. The number of imidazole rings is 1. The van der Waals surface area contributed by atoms with Crippen molar-refractivity contribution >= 4 is 11.6 Å². The Morgan fingerprint density at radius 1 is 1.31 bits per heavy atom. The molecule has 0 spiro atoms. The van der Waals surface area contributed by atoms with Gasteiger partial charge in [0.2, 0.25) is 0 Å². The summed E-state index contributed by atoms with van der Waals surface area (Å²) in [7, 11) is 0. The Bertz CT molecular complexity index is 384. The number of nitrogens with zero attached hydrogens (tertiary/aromatic N) is 3. The Balaban J connectivity index is 2.51. The van der Waals surface area contributed by atoms with Crippen LogP contribution < -0.4 is 0 Å². The molecule has 2 heterocycles. The SMILES string of the molecule is ClCc1cnccc1-n1ccnc1. The molecule has 2 aromatic heterocycles. The van der Waals surface area contributed by atoms with E-state index < -0.39 is 0 Å². The molecule has 0 aliphatic rings. The smallest absolute Gasteiger partial charge is 0.0991 e. The van der Waals surface area contributed by atoms with Crippen LogP contribution in [0.15, 0.2) is 37.2 Å². The van der Waals surface area contributed by atoms with E-state index in [9.17, 15) is 0 Å². The van der Waals surface area contributed by atoms with E-state index in [-0.39, 0.29) is 0 Å². The highest BCUT2D eigenvalue weighted by Crippen LogP contribution is 2.14. The number of pyridine rings is 1. The van der Waals surface area contributed by atoms with Crippen LogP contribution in [-0.2, 0) is 5.88 Å². The van der Waals surface area contributed by atoms with Crippen LogP contribution in [0.2, 0.25) is 0 Å². The molecule has 0 unspecified atom stereocenters. The van der Waals surface area contributed by atoms with Crippen LogP contribution in [0.1, 0.15) is 5.56 Å². The standard InChI is InChI=1S/C9H8ClN3/c10-5-8-6-11-2-1-9(8)13-4-3-12-7-13/h1-4,6-7H,5H2.